The number of carbonyl (C=O) groups excluding carboxylic acids is 1. The van der Waals surface area contributed by atoms with E-state index in [1.54, 1.807) is 0 Å². The molecule has 19 heavy (non-hydrogen) atoms. The van der Waals surface area contributed by atoms with Gasteiger partial charge in [-0.1, -0.05) is 0 Å². The molecule has 0 spiro atoms. The summed E-state index contributed by atoms with van der Waals surface area (Å²) < 4.78 is 38.2. The molecule has 1 saturated heterocycles. The van der Waals surface area contributed by atoms with Crippen molar-refractivity contribution in [1.29, 1.82) is 0 Å². The molecule has 1 aromatic heterocycles. The molecule has 0 radical (unpaired) electrons. The zero-order valence-electron chi connectivity index (χ0n) is 10.2. The molecule has 0 saturated carbocycles. The summed E-state index contributed by atoms with van der Waals surface area (Å²) in [6.07, 6.45) is 0.376. The number of anilines is 1. The van der Waals surface area contributed by atoms with Crippen LogP contribution in [0.15, 0.2) is 18.5 Å². The van der Waals surface area contributed by atoms with Crippen LogP contribution in [-0.2, 0) is 6.18 Å². The van der Waals surface area contributed by atoms with Crippen molar-refractivity contribution in [2.24, 2.45) is 0 Å². The Morgan fingerprint density at radius 1 is 1.26 bits per heavy atom. The molecule has 1 aliphatic heterocycles. The maximum Gasteiger partial charge on any atom is 0.418 e. The van der Waals surface area contributed by atoms with Crippen LogP contribution in [0.25, 0.3) is 0 Å². The summed E-state index contributed by atoms with van der Waals surface area (Å²) in [7, 11) is 0. The number of hydrogen-bond donors (Lipinski definition) is 1. The van der Waals surface area contributed by atoms with Gasteiger partial charge in [-0.15, -0.1) is 0 Å². The lowest BCUT2D eigenvalue weighted by atomic mass is 10.1. The predicted molar refractivity (Wildman–Crippen MR) is 63.7 cm³/mol. The van der Waals surface area contributed by atoms with Gasteiger partial charge in [0, 0.05) is 19.3 Å². The molecule has 2 amide bonds. The molecule has 0 bridgehead atoms. The average molecular weight is 273 g/mol. The van der Waals surface area contributed by atoms with E-state index in [1.165, 1.54) is 4.90 Å². The second kappa shape index (κ2) is 5.46. The summed E-state index contributed by atoms with van der Waals surface area (Å²) in [6.45, 7) is 1.15. The van der Waals surface area contributed by atoms with E-state index in [4.69, 9.17) is 0 Å². The standard InChI is InChI=1S/C12H14F3N3O/c13-12(14,15)9-4-5-16-8-10(9)17-11(19)18-6-2-1-3-7-18/h4-5,8H,1-3,6-7H2,(H,17,19). The number of halogens is 3. The minimum absolute atomic E-state index is 0.300. The Kier molecular flexibility index (Phi) is 3.92. The maximum atomic E-state index is 12.7. The van der Waals surface area contributed by atoms with E-state index < -0.39 is 17.8 Å². The van der Waals surface area contributed by atoms with E-state index in [0.717, 1.165) is 37.7 Å². The Labute approximate surface area is 108 Å². The number of piperidine rings is 1. The van der Waals surface area contributed by atoms with Crippen LogP contribution in [-0.4, -0.2) is 29.0 Å². The van der Waals surface area contributed by atoms with Crippen LogP contribution in [0.5, 0.6) is 0 Å². The normalized spacial score (nSPS) is 16.3. The third kappa shape index (κ3) is 3.36. The molecule has 0 unspecified atom stereocenters. The highest BCUT2D eigenvalue weighted by molar-refractivity contribution is 5.90. The van der Waals surface area contributed by atoms with E-state index >= 15 is 0 Å². The van der Waals surface area contributed by atoms with Crippen LogP contribution < -0.4 is 5.32 Å². The lowest BCUT2D eigenvalue weighted by Crippen LogP contribution is -2.39. The first-order valence-corrected chi connectivity index (χ1v) is 6.05. The van der Waals surface area contributed by atoms with Crippen molar-refractivity contribution in [1.82, 2.24) is 9.88 Å². The second-order valence-corrected chi connectivity index (χ2v) is 4.40. The largest absolute Gasteiger partial charge is 0.418 e. The van der Waals surface area contributed by atoms with E-state index in [1.807, 2.05) is 0 Å². The lowest BCUT2D eigenvalue weighted by Gasteiger charge is -2.27. The fraction of sp³-hybridized carbons (Fsp3) is 0.500. The molecule has 0 aromatic carbocycles. The summed E-state index contributed by atoms with van der Waals surface area (Å²) in [4.78, 5) is 17.0. The first kappa shape index (κ1) is 13.6. The predicted octanol–water partition coefficient (Wildman–Crippen LogP) is 3.12. The van der Waals surface area contributed by atoms with Gasteiger partial charge in [0.15, 0.2) is 0 Å². The fourth-order valence-electron chi connectivity index (χ4n) is 2.03. The molecule has 1 aliphatic rings. The van der Waals surface area contributed by atoms with Gasteiger partial charge in [0.05, 0.1) is 17.4 Å². The number of nitrogens with one attached hydrogen (secondary N) is 1. The first-order chi connectivity index (χ1) is 8.98. The molecule has 104 valence electrons. The zero-order valence-corrected chi connectivity index (χ0v) is 10.2. The number of likely N-dealkylation sites (tertiary alicyclic amines) is 1. The number of alkyl halides is 3. The molecule has 7 heteroatoms. The average Bonchev–Trinajstić information content (AvgIpc) is 2.39. The Bertz CT molecular complexity index is 456. The lowest BCUT2D eigenvalue weighted by molar-refractivity contribution is -0.137. The molecule has 1 aromatic rings. The van der Waals surface area contributed by atoms with Crippen LogP contribution in [0, 0.1) is 0 Å². The molecule has 2 heterocycles. The van der Waals surface area contributed by atoms with Gasteiger partial charge in [-0.2, -0.15) is 13.2 Å². The molecular formula is C12H14F3N3O. The number of rotatable bonds is 1. The molecule has 0 aliphatic carbocycles. The third-order valence-electron chi connectivity index (χ3n) is 3.01. The van der Waals surface area contributed by atoms with Crippen molar-refractivity contribution in [3.8, 4) is 0 Å². The topological polar surface area (TPSA) is 45.2 Å². The summed E-state index contributed by atoms with van der Waals surface area (Å²) in [5.41, 5.74) is -1.18. The molecule has 4 nitrogen and oxygen atoms in total. The van der Waals surface area contributed by atoms with Gasteiger partial charge >= 0.3 is 12.2 Å². The van der Waals surface area contributed by atoms with Crippen LogP contribution in [0.2, 0.25) is 0 Å². The number of carbonyl (C=O) groups is 1. The highest BCUT2D eigenvalue weighted by atomic mass is 19.4. The fourth-order valence-corrected chi connectivity index (χ4v) is 2.03. The minimum Gasteiger partial charge on any atom is -0.325 e. The number of amides is 2. The number of nitrogens with zero attached hydrogens (tertiary/aromatic N) is 2. The SMILES string of the molecule is O=C(Nc1cnccc1C(F)(F)F)N1CCCCC1. The number of aromatic nitrogens is 1. The van der Waals surface area contributed by atoms with E-state index in [9.17, 15) is 18.0 Å². The van der Waals surface area contributed by atoms with Crippen molar-refractivity contribution in [2.75, 3.05) is 18.4 Å². The van der Waals surface area contributed by atoms with Gasteiger partial charge in [0.1, 0.15) is 0 Å². The number of hydrogen-bond acceptors (Lipinski definition) is 2. The van der Waals surface area contributed by atoms with Crippen molar-refractivity contribution < 1.29 is 18.0 Å². The second-order valence-electron chi connectivity index (χ2n) is 4.40. The monoisotopic (exact) mass is 273 g/mol. The summed E-state index contributed by atoms with van der Waals surface area (Å²) in [6, 6.07) is 0.351. The van der Waals surface area contributed by atoms with Crippen molar-refractivity contribution in [3.63, 3.8) is 0 Å². The summed E-state index contributed by atoms with van der Waals surface area (Å²) >= 11 is 0. The smallest absolute Gasteiger partial charge is 0.325 e. The molecule has 1 fully saturated rings. The highest BCUT2D eigenvalue weighted by Gasteiger charge is 2.34. The van der Waals surface area contributed by atoms with Crippen LogP contribution >= 0.6 is 0 Å². The van der Waals surface area contributed by atoms with E-state index in [0.29, 0.717) is 13.1 Å². The Hall–Kier alpha value is -1.79. The van der Waals surface area contributed by atoms with Crippen LogP contribution in [0.4, 0.5) is 23.7 Å². The van der Waals surface area contributed by atoms with E-state index in [-0.39, 0.29) is 5.69 Å². The van der Waals surface area contributed by atoms with Gasteiger partial charge < -0.3 is 10.2 Å². The molecule has 1 N–H and O–H groups in total. The number of pyridine rings is 1. The van der Waals surface area contributed by atoms with Gasteiger partial charge in [-0.05, 0) is 25.3 Å². The van der Waals surface area contributed by atoms with Crippen molar-refractivity contribution >= 4 is 11.7 Å². The molecular weight excluding hydrogens is 259 g/mol. The van der Waals surface area contributed by atoms with E-state index in [2.05, 4.69) is 10.3 Å². The quantitative estimate of drug-likeness (QED) is 0.854. The summed E-state index contributed by atoms with van der Waals surface area (Å²) in [5, 5.41) is 2.29. The van der Waals surface area contributed by atoms with Gasteiger partial charge in [-0.25, -0.2) is 4.79 Å². The Balaban J connectivity index is 2.12. The van der Waals surface area contributed by atoms with Crippen molar-refractivity contribution in [3.05, 3.63) is 24.0 Å². The van der Waals surface area contributed by atoms with Crippen molar-refractivity contribution in [2.45, 2.75) is 25.4 Å². The molecule has 0 atom stereocenters. The van der Waals surface area contributed by atoms with Gasteiger partial charge in [0.2, 0.25) is 0 Å². The van der Waals surface area contributed by atoms with Gasteiger partial charge in [0.25, 0.3) is 0 Å². The number of urea groups is 1. The Morgan fingerprint density at radius 2 is 1.95 bits per heavy atom. The summed E-state index contributed by atoms with van der Waals surface area (Å²) in [5.74, 6) is 0. The zero-order chi connectivity index (χ0) is 13.9. The highest BCUT2D eigenvalue weighted by Crippen LogP contribution is 2.34. The molecule has 2 rings (SSSR count). The van der Waals surface area contributed by atoms with Crippen LogP contribution in [0.3, 0.4) is 0 Å². The minimum atomic E-state index is -4.51. The Morgan fingerprint density at radius 3 is 2.58 bits per heavy atom. The maximum absolute atomic E-state index is 12.7. The van der Waals surface area contributed by atoms with Gasteiger partial charge in [-0.3, -0.25) is 4.98 Å². The first-order valence-electron chi connectivity index (χ1n) is 6.05. The van der Waals surface area contributed by atoms with Crippen LogP contribution in [0.1, 0.15) is 24.8 Å². The third-order valence-corrected chi connectivity index (χ3v) is 3.01.